The van der Waals surface area contributed by atoms with Gasteiger partial charge in [0.2, 0.25) is 0 Å². The summed E-state index contributed by atoms with van der Waals surface area (Å²) in [6, 6.07) is 21.4. The minimum absolute atomic E-state index is 0.0487. The summed E-state index contributed by atoms with van der Waals surface area (Å²) in [7, 11) is 0. The monoisotopic (exact) mass is 492 g/mol. The molecule has 0 atom stereocenters. The number of furan rings is 1. The molecule has 0 unspecified atom stereocenters. The van der Waals surface area contributed by atoms with Crippen LogP contribution in [-0.2, 0) is 4.79 Å². The number of halogens is 1. The number of rotatable bonds is 4. The van der Waals surface area contributed by atoms with Gasteiger partial charge in [0, 0.05) is 23.1 Å². The van der Waals surface area contributed by atoms with Gasteiger partial charge in [0.25, 0.3) is 11.6 Å². The van der Waals surface area contributed by atoms with Crippen LogP contribution in [-0.4, -0.2) is 15.2 Å². The maximum absolute atomic E-state index is 13.2. The first-order valence-electron chi connectivity index (χ1n) is 9.72. The Kier molecular flexibility index (Phi) is 5.49. The minimum atomic E-state index is -0.547. The molecule has 0 saturated carbocycles. The van der Waals surface area contributed by atoms with Crippen molar-refractivity contribution in [1.29, 1.82) is 0 Å². The van der Waals surface area contributed by atoms with E-state index in [2.05, 4.69) is 0 Å². The Balaban J connectivity index is 1.46. The van der Waals surface area contributed by atoms with Gasteiger partial charge < -0.3 is 4.42 Å². The highest BCUT2D eigenvalue weighted by molar-refractivity contribution is 8.27. The van der Waals surface area contributed by atoms with Gasteiger partial charge in [-0.05, 0) is 35.7 Å². The van der Waals surface area contributed by atoms with Crippen LogP contribution in [0.15, 0.2) is 82.1 Å². The van der Waals surface area contributed by atoms with E-state index in [-0.39, 0.29) is 16.6 Å². The quantitative estimate of drug-likeness (QED) is 0.131. The van der Waals surface area contributed by atoms with Crippen molar-refractivity contribution < 1.29 is 14.1 Å². The fraction of sp³-hybridized carbons (Fsp3) is 0. The van der Waals surface area contributed by atoms with E-state index in [0.717, 1.165) is 16.5 Å². The summed E-state index contributed by atoms with van der Waals surface area (Å²) >= 11 is 12.6. The van der Waals surface area contributed by atoms with E-state index in [9.17, 15) is 14.9 Å². The fourth-order valence-corrected chi connectivity index (χ4v) is 5.05. The van der Waals surface area contributed by atoms with Crippen molar-refractivity contribution in [3.05, 3.63) is 98.6 Å². The first-order chi connectivity index (χ1) is 15.9. The molecule has 0 aliphatic carbocycles. The summed E-state index contributed by atoms with van der Waals surface area (Å²) in [5.41, 5.74) is 1.03. The van der Waals surface area contributed by atoms with Crippen LogP contribution >= 0.6 is 35.6 Å². The number of nitro groups is 1. The van der Waals surface area contributed by atoms with Crippen LogP contribution in [0, 0.1) is 10.1 Å². The Labute approximate surface area is 202 Å². The Morgan fingerprint density at radius 1 is 1.06 bits per heavy atom. The molecule has 0 bridgehead atoms. The maximum Gasteiger partial charge on any atom is 0.288 e. The molecule has 1 aliphatic heterocycles. The van der Waals surface area contributed by atoms with Crippen LogP contribution in [0.25, 0.3) is 28.2 Å². The zero-order valence-corrected chi connectivity index (χ0v) is 19.1. The van der Waals surface area contributed by atoms with Crippen molar-refractivity contribution in [1.82, 2.24) is 0 Å². The molecular weight excluding hydrogens is 480 g/mol. The number of carbonyl (C=O) groups excluding carboxylic acids is 1. The number of thiocarbonyl (C=S) groups is 1. The molecule has 0 radical (unpaired) electrons. The first kappa shape index (κ1) is 21.4. The number of thioether (sulfide) groups is 1. The van der Waals surface area contributed by atoms with E-state index in [0.29, 0.717) is 26.3 Å². The summed E-state index contributed by atoms with van der Waals surface area (Å²) in [6.45, 7) is 0. The smallest absolute Gasteiger partial charge is 0.288 e. The number of fused-ring (bicyclic) bond motifs is 1. The van der Waals surface area contributed by atoms with E-state index in [1.165, 1.54) is 28.8 Å². The Hall–Kier alpha value is -3.46. The lowest BCUT2D eigenvalue weighted by Gasteiger charge is -2.17. The van der Waals surface area contributed by atoms with E-state index in [1.54, 1.807) is 24.3 Å². The first-order valence-corrected chi connectivity index (χ1v) is 11.3. The SMILES string of the molecule is O=C1/C(=C\c2ccc(-c3ccc(Cl)c([N+](=O)[O-])c3)o2)SC(=S)N1c1cccc2ccccc12. The molecule has 6 nitrogen and oxygen atoms in total. The molecule has 9 heteroatoms. The molecule has 0 N–H and O–H groups in total. The second-order valence-corrected chi connectivity index (χ2v) is 9.22. The highest BCUT2D eigenvalue weighted by Crippen LogP contribution is 2.39. The number of hydrogen-bond acceptors (Lipinski definition) is 6. The number of hydrogen-bond donors (Lipinski definition) is 0. The lowest BCUT2D eigenvalue weighted by atomic mass is 10.1. The molecule has 2 heterocycles. The molecule has 4 aromatic rings. The van der Waals surface area contributed by atoms with Crippen LogP contribution in [0.3, 0.4) is 0 Å². The molecule has 1 aliphatic rings. The lowest BCUT2D eigenvalue weighted by Crippen LogP contribution is -2.27. The van der Waals surface area contributed by atoms with Crippen LogP contribution in [0.2, 0.25) is 5.02 Å². The fourth-order valence-electron chi connectivity index (χ4n) is 3.60. The Morgan fingerprint density at radius 3 is 2.67 bits per heavy atom. The number of benzene rings is 3. The van der Waals surface area contributed by atoms with Crippen LogP contribution < -0.4 is 4.90 Å². The number of amides is 1. The largest absolute Gasteiger partial charge is 0.457 e. The van der Waals surface area contributed by atoms with Gasteiger partial charge in [0.15, 0.2) is 4.32 Å². The number of nitrogens with zero attached hydrogens (tertiary/aromatic N) is 2. The summed E-state index contributed by atoms with van der Waals surface area (Å²) in [5, 5.41) is 13.2. The van der Waals surface area contributed by atoms with Gasteiger partial charge in [-0.15, -0.1) is 0 Å². The number of nitro benzene ring substituents is 1. The zero-order chi connectivity index (χ0) is 23.1. The normalized spacial score (nSPS) is 15.1. The van der Waals surface area contributed by atoms with Crippen molar-refractivity contribution >= 4 is 74.0 Å². The Bertz CT molecular complexity index is 1490. The third-order valence-electron chi connectivity index (χ3n) is 5.13. The van der Waals surface area contributed by atoms with Crippen LogP contribution in [0.5, 0.6) is 0 Å². The molecule has 5 rings (SSSR count). The van der Waals surface area contributed by atoms with Crippen molar-refractivity contribution in [2.24, 2.45) is 0 Å². The van der Waals surface area contributed by atoms with Gasteiger partial charge in [-0.25, -0.2) is 0 Å². The van der Waals surface area contributed by atoms with Gasteiger partial charge >= 0.3 is 0 Å². The zero-order valence-electron chi connectivity index (χ0n) is 16.7. The van der Waals surface area contributed by atoms with Crippen molar-refractivity contribution in [3.8, 4) is 11.3 Å². The van der Waals surface area contributed by atoms with Gasteiger partial charge in [-0.3, -0.25) is 19.8 Å². The van der Waals surface area contributed by atoms with Gasteiger partial charge in [0.05, 0.1) is 15.5 Å². The molecule has 3 aromatic carbocycles. The predicted molar refractivity (Wildman–Crippen MR) is 135 cm³/mol. The van der Waals surface area contributed by atoms with E-state index in [4.69, 9.17) is 28.2 Å². The highest BCUT2D eigenvalue weighted by atomic mass is 35.5. The summed E-state index contributed by atoms with van der Waals surface area (Å²) in [5.74, 6) is 0.619. The van der Waals surface area contributed by atoms with Gasteiger partial charge in [-0.1, -0.05) is 72.0 Å². The molecule has 1 aromatic heterocycles. The average molecular weight is 493 g/mol. The number of carbonyl (C=O) groups is 1. The molecular formula is C24H13ClN2O4S2. The molecule has 0 spiro atoms. The number of anilines is 1. The van der Waals surface area contributed by atoms with Crippen molar-refractivity contribution in [2.45, 2.75) is 0 Å². The third-order valence-corrected chi connectivity index (χ3v) is 6.75. The van der Waals surface area contributed by atoms with Crippen molar-refractivity contribution in [2.75, 3.05) is 4.90 Å². The molecule has 162 valence electrons. The topological polar surface area (TPSA) is 76.6 Å². The molecule has 1 saturated heterocycles. The molecule has 1 fully saturated rings. The van der Waals surface area contributed by atoms with E-state index < -0.39 is 4.92 Å². The molecule has 1 amide bonds. The summed E-state index contributed by atoms with van der Waals surface area (Å²) < 4.78 is 6.26. The van der Waals surface area contributed by atoms with Crippen LogP contribution in [0.1, 0.15) is 5.76 Å². The maximum atomic E-state index is 13.2. The minimum Gasteiger partial charge on any atom is -0.457 e. The molecule has 33 heavy (non-hydrogen) atoms. The highest BCUT2D eigenvalue weighted by Gasteiger charge is 2.34. The van der Waals surface area contributed by atoms with Crippen molar-refractivity contribution in [3.63, 3.8) is 0 Å². The summed E-state index contributed by atoms with van der Waals surface area (Å²) in [4.78, 5) is 25.8. The second-order valence-electron chi connectivity index (χ2n) is 7.14. The van der Waals surface area contributed by atoms with Crippen LogP contribution in [0.4, 0.5) is 11.4 Å². The average Bonchev–Trinajstić information content (AvgIpc) is 3.38. The third kappa shape index (κ3) is 3.93. The summed E-state index contributed by atoms with van der Waals surface area (Å²) in [6.07, 6.45) is 1.62. The lowest BCUT2D eigenvalue weighted by molar-refractivity contribution is -0.384. The second kappa shape index (κ2) is 8.47. The van der Waals surface area contributed by atoms with Gasteiger partial charge in [0.1, 0.15) is 16.5 Å². The van der Waals surface area contributed by atoms with Gasteiger partial charge in [-0.2, -0.15) is 0 Å². The van der Waals surface area contributed by atoms with E-state index >= 15 is 0 Å². The van der Waals surface area contributed by atoms with E-state index in [1.807, 2.05) is 42.5 Å². The Morgan fingerprint density at radius 2 is 1.85 bits per heavy atom. The standard InChI is InChI=1S/C24H13ClN2O4S2/c25-18-10-8-15(12-20(18)27(29)30)21-11-9-16(31-21)13-22-23(28)26(24(32)33-22)19-7-3-5-14-4-1-2-6-17(14)19/h1-13H/b22-13+. The predicted octanol–water partition coefficient (Wildman–Crippen LogP) is 7.07.